The molecule has 1 amide bonds. The molecular weight excluding hydrogens is 298 g/mol. The van der Waals surface area contributed by atoms with Crippen molar-refractivity contribution in [3.63, 3.8) is 0 Å². The Hall–Kier alpha value is -3.07. The zero-order valence-electron chi connectivity index (χ0n) is 13.3. The molecule has 0 saturated carbocycles. The summed E-state index contributed by atoms with van der Waals surface area (Å²) in [6.07, 6.45) is 0. The molecule has 3 aromatic carbocycles. The monoisotopic (exact) mass is 315 g/mol. The van der Waals surface area contributed by atoms with E-state index in [0.717, 1.165) is 21.9 Å². The fourth-order valence-electron chi connectivity index (χ4n) is 3.07. The molecule has 0 aliphatic heterocycles. The Morgan fingerprint density at radius 3 is 2.46 bits per heavy atom. The highest BCUT2D eigenvalue weighted by Crippen LogP contribution is 2.25. The fraction of sp³-hybridized carbons (Fsp3) is 0.0952. The van der Waals surface area contributed by atoms with Crippen LogP contribution in [0, 0.1) is 0 Å². The Bertz CT molecular complexity index is 994. The molecule has 118 valence electrons. The molecule has 1 heterocycles. The minimum absolute atomic E-state index is 0.114. The normalized spacial score (nSPS) is 12.4. The van der Waals surface area contributed by atoms with Gasteiger partial charge in [0.1, 0.15) is 5.58 Å². The van der Waals surface area contributed by atoms with Gasteiger partial charge in [0.2, 0.25) is 0 Å². The summed E-state index contributed by atoms with van der Waals surface area (Å²) < 4.78 is 5.64. The number of benzene rings is 3. The number of nitrogens with one attached hydrogen (secondary N) is 1. The van der Waals surface area contributed by atoms with Gasteiger partial charge in [-0.2, -0.15) is 0 Å². The van der Waals surface area contributed by atoms with Gasteiger partial charge >= 0.3 is 0 Å². The van der Waals surface area contributed by atoms with E-state index in [1.54, 1.807) is 6.07 Å². The van der Waals surface area contributed by atoms with Crippen LogP contribution in [0.3, 0.4) is 0 Å². The van der Waals surface area contributed by atoms with Crippen LogP contribution < -0.4 is 5.32 Å². The van der Waals surface area contributed by atoms with E-state index in [0.29, 0.717) is 5.76 Å². The van der Waals surface area contributed by atoms with E-state index in [1.807, 2.05) is 55.5 Å². The van der Waals surface area contributed by atoms with Crippen LogP contribution in [0.4, 0.5) is 0 Å². The first-order valence-electron chi connectivity index (χ1n) is 7.99. The SMILES string of the molecule is CC(NC(=O)c1cc2ccccc2o1)c1cccc2ccccc12. The summed E-state index contributed by atoms with van der Waals surface area (Å²) in [5, 5.41) is 6.28. The Labute approximate surface area is 139 Å². The molecule has 0 fully saturated rings. The highest BCUT2D eigenvalue weighted by molar-refractivity contribution is 5.96. The van der Waals surface area contributed by atoms with E-state index in [-0.39, 0.29) is 11.9 Å². The molecule has 1 N–H and O–H groups in total. The van der Waals surface area contributed by atoms with Gasteiger partial charge in [0.25, 0.3) is 5.91 Å². The lowest BCUT2D eigenvalue weighted by Gasteiger charge is -2.15. The Balaban J connectivity index is 1.63. The van der Waals surface area contributed by atoms with Crippen molar-refractivity contribution >= 4 is 27.6 Å². The molecule has 0 bridgehead atoms. The van der Waals surface area contributed by atoms with Crippen molar-refractivity contribution in [2.75, 3.05) is 0 Å². The lowest BCUT2D eigenvalue weighted by molar-refractivity contribution is 0.0914. The number of para-hydroxylation sites is 1. The molecule has 24 heavy (non-hydrogen) atoms. The van der Waals surface area contributed by atoms with Crippen molar-refractivity contribution < 1.29 is 9.21 Å². The van der Waals surface area contributed by atoms with Gasteiger partial charge in [-0.1, -0.05) is 60.7 Å². The maximum Gasteiger partial charge on any atom is 0.287 e. The van der Waals surface area contributed by atoms with Gasteiger partial charge in [0, 0.05) is 5.39 Å². The van der Waals surface area contributed by atoms with E-state index in [2.05, 4.69) is 23.5 Å². The van der Waals surface area contributed by atoms with Crippen molar-refractivity contribution in [3.8, 4) is 0 Å². The molecule has 3 heteroatoms. The van der Waals surface area contributed by atoms with Crippen LogP contribution in [-0.4, -0.2) is 5.91 Å². The van der Waals surface area contributed by atoms with Crippen molar-refractivity contribution in [3.05, 3.63) is 84.1 Å². The van der Waals surface area contributed by atoms with Crippen LogP contribution in [0.25, 0.3) is 21.7 Å². The standard InChI is InChI=1S/C21H17NO2/c1-14(17-11-6-9-15-7-2-4-10-18(15)17)22-21(23)20-13-16-8-3-5-12-19(16)24-20/h2-14H,1H3,(H,22,23). The Morgan fingerprint density at radius 1 is 0.917 bits per heavy atom. The number of hydrogen-bond acceptors (Lipinski definition) is 2. The fourth-order valence-corrected chi connectivity index (χ4v) is 3.07. The smallest absolute Gasteiger partial charge is 0.287 e. The Kier molecular flexibility index (Phi) is 3.54. The topological polar surface area (TPSA) is 42.2 Å². The second kappa shape index (κ2) is 5.85. The van der Waals surface area contributed by atoms with Crippen LogP contribution in [0.5, 0.6) is 0 Å². The van der Waals surface area contributed by atoms with Crippen LogP contribution in [0.2, 0.25) is 0 Å². The van der Waals surface area contributed by atoms with Crippen molar-refractivity contribution in [1.29, 1.82) is 0 Å². The molecule has 0 radical (unpaired) electrons. The second-order valence-corrected chi connectivity index (χ2v) is 5.91. The number of hydrogen-bond donors (Lipinski definition) is 1. The Morgan fingerprint density at radius 2 is 1.62 bits per heavy atom. The molecule has 1 atom stereocenters. The predicted octanol–water partition coefficient (Wildman–Crippen LogP) is 5.08. The van der Waals surface area contributed by atoms with Crippen LogP contribution >= 0.6 is 0 Å². The largest absolute Gasteiger partial charge is 0.451 e. The van der Waals surface area contributed by atoms with Crippen LogP contribution in [0.15, 0.2) is 77.2 Å². The van der Waals surface area contributed by atoms with E-state index < -0.39 is 0 Å². The number of amides is 1. The van der Waals surface area contributed by atoms with E-state index >= 15 is 0 Å². The van der Waals surface area contributed by atoms with E-state index in [1.165, 1.54) is 5.39 Å². The second-order valence-electron chi connectivity index (χ2n) is 5.91. The first kappa shape index (κ1) is 14.5. The molecule has 0 aliphatic carbocycles. The summed E-state index contributed by atoms with van der Waals surface area (Å²) in [5.41, 5.74) is 1.82. The highest BCUT2D eigenvalue weighted by atomic mass is 16.3. The minimum Gasteiger partial charge on any atom is -0.451 e. The minimum atomic E-state index is -0.202. The number of furan rings is 1. The van der Waals surface area contributed by atoms with Gasteiger partial charge < -0.3 is 9.73 Å². The first-order valence-corrected chi connectivity index (χ1v) is 7.99. The summed E-state index contributed by atoms with van der Waals surface area (Å²) in [4.78, 5) is 12.5. The summed E-state index contributed by atoms with van der Waals surface area (Å²) in [6.45, 7) is 1.99. The third-order valence-electron chi connectivity index (χ3n) is 4.29. The van der Waals surface area contributed by atoms with Gasteiger partial charge in [0.15, 0.2) is 5.76 Å². The molecule has 4 rings (SSSR count). The summed E-state index contributed by atoms with van der Waals surface area (Å²) >= 11 is 0. The number of carbonyl (C=O) groups is 1. The molecular formula is C21H17NO2. The van der Waals surface area contributed by atoms with Crippen molar-refractivity contribution in [2.24, 2.45) is 0 Å². The summed E-state index contributed by atoms with van der Waals surface area (Å²) in [7, 11) is 0. The van der Waals surface area contributed by atoms with E-state index in [9.17, 15) is 4.79 Å². The maximum atomic E-state index is 12.5. The average molecular weight is 315 g/mol. The van der Waals surface area contributed by atoms with Gasteiger partial charge in [-0.15, -0.1) is 0 Å². The zero-order chi connectivity index (χ0) is 16.5. The van der Waals surface area contributed by atoms with Gasteiger partial charge in [0.05, 0.1) is 6.04 Å². The third kappa shape index (κ3) is 2.54. The van der Waals surface area contributed by atoms with Crippen LogP contribution in [0.1, 0.15) is 29.1 Å². The average Bonchev–Trinajstić information content (AvgIpc) is 3.05. The summed E-state index contributed by atoms with van der Waals surface area (Å²) in [6, 6.07) is 23.6. The molecule has 3 nitrogen and oxygen atoms in total. The number of fused-ring (bicyclic) bond motifs is 2. The maximum absolute atomic E-state index is 12.5. The van der Waals surface area contributed by atoms with Crippen molar-refractivity contribution in [2.45, 2.75) is 13.0 Å². The number of carbonyl (C=O) groups excluding carboxylic acids is 1. The lowest BCUT2D eigenvalue weighted by atomic mass is 9.99. The van der Waals surface area contributed by atoms with Gasteiger partial charge in [-0.3, -0.25) is 4.79 Å². The molecule has 0 spiro atoms. The predicted molar refractivity (Wildman–Crippen MR) is 96.0 cm³/mol. The zero-order valence-corrected chi connectivity index (χ0v) is 13.3. The molecule has 1 unspecified atom stereocenters. The molecule has 0 saturated heterocycles. The quantitative estimate of drug-likeness (QED) is 0.573. The molecule has 4 aromatic rings. The molecule has 0 aliphatic rings. The van der Waals surface area contributed by atoms with Gasteiger partial charge in [-0.25, -0.2) is 0 Å². The summed E-state index contributed by atoms with van der Waals surface area (Å²) in [5.74, 6) is 0.134. The van der Waals surface area contributed by atoms with Gasteiger partial charge in [-0.05, 0) is 35.4 Å². The molecule has 1 aromatic heterocycles. The van der Waals surface area contributed by atoms with Crippen molar-refractivity contribution in [1.82, 2.24) is 5.32 Å². The van der Waals surface area contributed by atoms with E-state index in [4.69, 9.17) is 4.42 Å². The lowest BCUT2D eigenvalue weighted by Crippen LogP contribution is -2.26. The third-order valence-corrected chi connectivity index (χ3v) is 4.29. The highest BCUT2D eigenvalue weighted by Gasteiger charge is 2.16. The van der Waals surface area contributed by atoms with Crippen LogP contribution in [-0.2, 0) is 0 Å². The number of rotatable bonds is 3. The first-order chi connectivity index (χ1) is 11.7.